The van der Waals surface area contributed by atoms with Crippen molar-refractivity contribution in [3.63, 3.8) is 0 Å². The van der Waals surface area contributed by atoms with Gasteiger partial charge in [0.05, 0.1) is 17.1 Å². The molecule has 29 heavy (non-hydrogen) atoms. The summed E-state index contributed by atoms with van der Waals surface area (Å²) in [5.41, 5.74) is 2.91. The summed E-state index contributed by atoms with van der Waals surface area (Å²) in [7, 11) is 0. The Morgan fingerprint density at radius 2 is 1.83 bits per heavy atom. The second-order valence-electron chi connectivity index (χ2n) is 8.15. The Bertz CT molecular complexity index is 1090. The molecule has 0 aliphatic heterocycles. The molecule has 4 rings (SSSR count). The third-order valence-corrected chi connectivity index (χ3v) is 6.22. The molecule has 1 aromatic heterocycles. The van der Waals surface area contributed by atoms with Crippen LogP contribution in [0.5, 0.6) is 0 Å². The van der Waals surface area contributed by atoms with Gasteiger partial charge in [-0.1, -0.05) is 73.3 Å². The van der Waals surface area contributed by atoms with Gasteiger partial charge in [-0.05, 0) is 48.1 Å². The van der Waals surface area contributed by atoms with Crippen LogP contribution >= 0.6 is 15.9 Å². The predicted octanol–water partition coefficient (Wildman–Crippen LogP) is 6.21. The van der Waals surface area contributed by atoms with Crippen molar-refractivity contribution in [1.82, 2.24) is 9.66 Å². The number of hydrogen-bond acceptors (Lipinski definition) is 3. The molecule has 1 fully saturated rings. The van der Waals surface area contributed by atoms with E-state index in [2.05, 4.69) is 59.1 Å². The molecule has 0 bridgehead atoms. The molecular formula is C24H26BrN3O. The number of fused-ring (bicyclic) bond motifs is 1. The summed E-state index contributed by atoms with van der Waals surface area (Å²) < 4.78 is 2.40. The molecule has 0 atom stereocenters. The summed E-state index contributed by atoms with van der Waals surface area (Å²) >= 11 is 3.47. The van der Waals surface area contributed by atoms with Crippen molar-refractivity contribution in [2.45, 2.75) is 57.8 Å². The zero-order valence-electron chi connectivity index (χ0n) is 16.9. The van der Waals surface area contributed by atoms with Crippen molar-refractivity contribution in [3.05, 3.63) is 74.2 Å². The van der Waals surface area contributed by atoms with Gasteiger partial charge in [0.2, 0.25) is 0 Å². The van der Waals surface area contributed by atoms with E-state index < -0.39 is 0 Å². The standard InChI is InChI=1S/C24H26BrN3O/c1-16(2)18-10-8-17(9-11-18)15-26-28-23(19-6-4-3-5-7-19)27-22-13-12-20(25)14-21(22)24(28)29/h8-16,19H,3-7H2,1-2H3. The van der Waals surface area contributed by atoms with Crippen molar-refractivity contribution >= 4 is 33.0 Å². The summed E-state index contributed by atoms with van der Waals surface area (Å²) in [5, 5.41) is 5.20. The van der Waals surface area contributed by atoms with Gasteiger partial charge in [-0.25, -0.2) is 4.98 Å². The Morgan fingerprint density at radius 3 is 2.52 bits per heavy atom. The molecule has 0 N–H and O–H groups in total. The van der Waals surface area contributed by atoms with Gasteiger partial charge in [-0.2, -0.15) is 9.78 Å². The van der Waals surface area contributed by atoms with Crippen molar-refractivity contribution in [3.8, 4) is 0 Å². The van der Waals surface area contributed by atoms with E-state index in [1.54, 1.807) is 6.21 Å². The third kappa shape index (κ3) is 4.35. The van der Waals surface area contributed by atoms with E-state index in [0.717, 1.165) is 34.2 Å². The second-order valence-corrected chi connectivity index (χ2v) is 9.06. The Balaban J connectivity index is 1.79. The molecule has 0 unspecified atom stereocenters. The molecule has 4 nitrogen and oxygen atoms in total. The smallest absolute Gasteiger partial charge is 0.267 e. The lowest BCUT2D eigenvalue weighted by Crippen LogP contribution is -2.25. The lowest BCUT2D eigenvalue weighted by atomic mass is 9.88. The minimum Gasteiger partial charge on any atom is -0.267 e. The molecule has 1 aliphatic rings. The zero-order valence-corrected chi connectivity index (χ0v) is 18.5. The highest BCUT2D eigenvalue weighted by atomic mass is 79.9. The van der Waals surface area contributed by atoms with Crippen LogP contribution in [-0.4, -0.2) is 15.9 Å². The minimum absolute atomic E-state index is 0.105. The topological polar surface area (TPSA) is 47.2 Å². The number of benzene rings is 2. The average Bonchev–Trinajstić information content (AvgIpc) is 2.74. The Hall–Kier alpha value is -2.27. The summed E-state index contributed by atoms with van der Waals surface area (Å²) in [6.45, 7) is 4.36. The number of nitrogens with zero attached hydrogens (tertiary/aromatic N) is 3. The second kappa shape index (κ2) is 8.62. The summed E-state index contributed by atoms with van der Waals surface area (Å²) in [6, 6.07) is 14.0. The molecular weight excluding hydrogens is 426 g/mol. The normalized spacial score (nSPS) is 15.6. The first-order valence-electron chi connectivity index (χ1n) is 10.4. The maximum absolute atomic E-state index is 13.3. The zero-order chi connectivity index (χ0) is 20.4. The van der Waals surface area contributed by atoms with E-state index in [-0.39, 0.29) is 11.5 Å². The quantitative estimate of drug-likeness (QED) is 0.442. The lowest BCUT2D eigenvalue weighted by Gasteiger charge is -2.22. The van der Waals surface area contributed by atoms with Gasteiger partial charge >= 0.3 is 0 Å². The van der Waals surface area contributed by atoms with Gasteiger partial charge < -0.3 is 0 Å². The largest absolute Gasteiger partial charge is 0.282 e. The number of rotatable bonds is 4. The highest BCUT2D eigenvalue weighted by Gasteiger charge is 2.22. The van der Waals surface area contributed by atoms with E-state index >= 15 is 0 Å². The molecule has 3 aromatic rings. The lowest BCUT2D eigenvalue weighted by molar-refractivity contribution is 0.416. The maximum Gasteiger partial charge on any atom is 0.282 e. The van der Waals surface area contributed by atoms with Crippen molar-refractivity contribution < 1.29 is 0 Å². The average molecular weight is 452 g/mol. The number of hydrogen-bond donors (Lipinski definition) is 0. The van der Waals surface area contributed by atoms with Crippen molar-refractivity contribution in [2.24, 2.45) is 5.10 Å². The van der Waals surface area contributed by atoms with Crippen LogP contribution in [0.2, 0.25) is 0 Å². The molecule has 0 saturated heterocycles. The van der Waals surface area contributed by atoms with Crippen LogP contribution in [0.25, 0.3) is 10.9 Å². The number of halogens is 1. The van der Waals surface area contributed by atoms with Crippen LogP contribution in [0.1, 0.15) is 74.7 Å². The van der Waals surface area contributed by atoms with Crippen LogP contribution in [0.4, 0.5) is 0 Å². The van der Waals surface area contributed by atoms with E-state index in [9.17, 15) is 4.79 Å². The van der Waals surface area contributed by atoms with Gasteiger partial charge in [0.1, 0.15) is 5.82 Å². The fraction of sp³-hybridized carbons (Fsp3) is 0.375. The van der Waals surface area contributed by atoms with Gasteiger partial charge in [0.25, 0.3) is 5.56 Å². The van der Waals surface area contributed by atoms with Gasteiger partial charge in [-0.15, -0.1) is 0 Å². The van der Waals surface area contributed by atoms with E-state index in [1.165, 1.54) is 29.5 Å². The van der Waals surface area contributed by atoms with Gasteiger partial charge in [0.15, 0.2) is 0 Å². The Morgan fingerprint density at radius 1 is 1.10 bits per heavy atom. The van der Waals surface area contributed by atoms with Crippen LogP contribution < -0.4 is 5.56 Å². The van der Waals surface area contributed by atoms with Crippen LogP contribution in [-0.2, 0) is 0 Å². The van der Waals surface area contributed by atoms with Gasteiger partial charge in [-0.3, -0.25) is 4.79 Å². The molecule has 1 aliphatic carbocycles. The monoisotopic (exact) mass is 451 g/mol. The number of aromatic nitrogens is 2. The molecule has 0 amide bonds. The molecule has 150 valence electrons. The highest BCUT2D eigenvalue weighted by molar-refractivity contribution is 9.10. The highest BCUT2D eigenvalue weighted by Crippen LogP contribution is 2.32. The summed E-state index contributed by atoms with van der Waals surface area (Å²) in [4.78, 5) is 18.2. The molecule has 5 heteroatoms. The maximum atomic E-state index is 13.3. The molecule has 1 saturated carbocycles. The van der Waals surface area contributed by atoms with E-state index in [4.69, 9.17) is 4.98 Å². The fourth-order valence-corrected chi connectivity index (χ4v) is 4.36. The van der Waals surface area contributed by atoms with Crippen LogP contribution in [0, 0.1) is 0 Å². The molecule has 0 radical (unpaired) electrons. The molecule has 1 heterocycles. The molecule has 0 spiro atoms. The predicted molar refractivity (Wildman–Crippen MR) is 123 cm³/mol. The third-order valence-electron chi connectivity index (χ3n) is 5.73. The first-order chi connectivity index (χ1) is 14.0. The Kier molecular flexibility index (Phi) is 5.95. The van der Waals surface area contributed by atoms with E-state index in [0.29, 0.717) is 11.3 Å². The summed E-state index contributed by atoms with van der Waals surface area (Å²) in [5.74, 6) is 1.56. The Labute approximate surface area is 179 Å². The van der Waals surface area contributed by atoms with Crippen molar-refractivity contribution in [1.29, 1.82) is 0 Å². The summed E-state index contributed by atoms with van der Waals surface area (Å²) in [6.07, 6.45) is 7.51. The first kappa shape index (κ1) is 20.0. The SMILES string of the molecule is CC(C)c1ccc(C=Nn2c(C3CCCCC3)nc3ccc(Br)cc3c2=O)cc1. The van der Waals surface area contributed by atoms with Crippen LogP contribution in [0.15, 0.2) is 56.8 Å². The molecule has 2 aromatic carbocycles. The minimum atomic E-state index is -0.105. The fourth-order valence-electron chi connectivity index (χ4n) is 3.99. The van der Waals surface area contributed by atoms with E-state index in [1.807, 2.05) is 18.2 Å². The van der Waals surface area contributed by atoms with Gasteiger partial charge in [0, 0.05) is 10.4 Å². The van der Waals surface area contributed by atoms with Crippen molar-refractivity contribution in [2.75, 3.05) is 0 Å². The van der Waals surface area contributed by atoms with Crippen LogP contribution in [0.3, 0.4) is 0 Å². The first-order valence-corrected chi connectivity index (χ1v) is 11.2.